The van der Waals surface area contributed by atoms with Gasteiger partial charge in [0.05, 0.1) is 11.0 Å². The smallest absolute Gasteiger partial charge is 0.308 e. The maximum absolute atomic E-state index is 12.7. The molecule has 0 aromatic heterocycles. The zero-order valence-corrected chi connectivity index (χ0v) is 14.4. The van der Waals surface area contributed by atoms with Crippen molar-refractivity contribution < 1.29 is 24.2 Å². The minimum atomic E-state index is -0.994. The van der Waals surface area contributed by atoms with E-state index in [4.69, 9.17) is 9.47 Å². The van der Waals surface area contributed by atoms with Gasteiger partial charge in [-0.25, -0.2) is 0 Å². The Kier molecular flexibility index (Phi) is 2.84. The second-order valence-electron chi connectivity index (χ2n) is 7.83. The number of carbonyl (C=O) groups excluding carboxylic acids is 2. The number of ketones is 1. The van der Waals surface area contributed by atoms with E-state index in [-0.39, 0.29) is 11.8 Å². The van der Waals surface area contributed by atoms with Gasteiger partial charge in [0.15, 0.2) is 23.4 Å². The molecule has 2 fully saturated rings. The van der Waals surface area contributed by atoms with E-state index in [0.717, 1.165) is 17.7 Å². The maximum Gasteiger partial charge on any atom is 0.308 e. The number of carbonyl (C=O) groups is 2. The van der Waals surface area contributed by atoms with E-state index < -0.39 is 23.1 Å². The van der Waals surface area contributed by atoms with Gasteiger partial charge >= 0.3 is 5.97 Å². The summed E-state index contributed by atoms with van der Waals surface area (Å²) in [5.74, 6) is 0.438. The van der Waals surface area contributed by atoms with Crippen molar-refractivity contribution in [1.82, 2.24) is 4.90 Å². The number of likely N-dealkylation sites (tertiary alicyclic amines) is 1. The number of hydrogen-bond donors (Lipinski definition) is 1. The van der Waals surface area contributed by atoms with Crippen LogP contribution in [0.2, 0.25) is 0 Å². The van der Waals surface area contributed by atoms with Gasteiger partial charge in [0.25, 0.3) is 0 Å². The number of aliphatic hydroxyl groups is 1. The molecule has 132 valence electrons. The van der Waals surface area contributed by atoms with Crippen LogP contribution in [0.3, 0.4) is 0 Å². The second-order valence-corrected chi connectivity index (χ2v) is 7.83. The van der Waals surface area contributed by atoms with Crippen LogP contribution in [-0.4, -0.2) is 53.1 Å². The summed E-state index contributed by atoms with van der Waals surface area (Å²) in [5.41, 5.74) is 0.269. The van der Waals surface area contributed by atoms with E-state index in [1.807, 2.05) is 13.1 Å². The van der Waals surface area contributed by atoms with Crippen LogP contribution in [0.1, 0.15) is 37.3 Å². The third-order valence-corrected chi connectivity index (χ3v) is 6.76. The summed E-state index contributed by atoms with van der Waals surface area (Å²) < 4.78 is 11.5. The number of nitrogens with zero attached hydrogens (tertiary/aromatic N) is 1. The fraction of sp³-hybridized carbons (Fsp3) is 0.579. The summed E-state index contributed by atoms with van der Waals surface area (Å²) in [7, 11) is 2.04. The molecule has 1 aromatic rings. The van der Waals surface area contributed by atoms with Crippen molar-refractivity contribution in [3.63, 3.8) is 0 Å². The third kappa shape index (κ3) is 1.62. The number of ether oxygens (including phenoxy) is 2. The number of hydrogen-bond acceptors (Lipinski definition) is 6. The number of benzene rings is 1. The second kappa shape index (κ2) is 4.62. The van der Waals surface area contributed by atoms with Crippen LogP contribution in [0.4, 0.5) is 0 Å². The summed E-state index contributed by atoms with van der Waals surface area (Å²) in [4.78, 5) is 26.4. The van der Waals surface area contributed by atoms with E-state index in [1.54, 1.807) is 6.07 Å². The van der Waals surface area contributed by atoms with Gasteiger partial charge in [-0.3, -0.25) is 9.59 Å². The molecule has 5 rings (SSSR count). The monoisotopic (exact) mass is 343 g/mol. The third-order valence-electron chi connectivity index (χ3n) is 6.76. The Bertz CT molecular complexity index is 820. The Hall–Kier alpha value is -1.92. The molecule has 6 nitrogen and oxygen atoms in total. The minimum Gasteiger partial charge on any atom is -0.477 e. The van der Waals surface area contributed by atoms with Gasteiger partial charge in [0.1, 0.15) is 0 Å². The zero-order chi connectivity index (χ0) is 17.6. The summed E-state index contributed by atoms with van der Waals surface area (Å²) in [6.45, 7) is 2.15. The van der Waals surface area contributed by atoms with Crippen LogP contribution in [-0.2, 0) is 21.4 Å². The van der Waals surface area contributed by atoms with Gasteiger partial charge in [-0.15, -0.1) is 0 Å². The zero-order valence-electron chi connectivity index (χ0n) is 14.4. The SMILES string of the molecule is CC(=O)Oc1ccc2c3c1O[C@@H]1C(=O)CC[C@]4(O)[C@H](C2)N(C)CC[C@@]314. The molecule has 0 unspecified atom stereocenters. The molecule has 4 aliphatic rings. The highest BCUT2D eigenvalue weighted by molar-refractivity contribution is 5.90. The topological polar surface area (TPSA) is 76.1 Å². The molecule has 6 heteroatoms. The van der Waals surface area contributed by atoms with Crippen molar-refractivity contribution in [1.29, 1.82) is 0 Å². The van der Waals surface area contributed by atoms with E-state index >= 15 is 0 Å². The molecule has 0 radical (unpaired) electrons. The molecular weight excluding hydrogens is 322 g/mol. The lowest BCUT2D eigenvalue weighted by Crippen LogP contribution is -2.76. The van der Waals surface area contributed by atoms with Crippen LogP contribution in [0.25, 0.3) is 0 Å². The lowest BCUT2D eigenvalue weighted by molar-refractivity contribution is -0.185. The lowest BCUT2D eigenvalue weighted by Gasteiger charge is -2.61. The molecule has 1 spiro atoms. The highest BCUT2D eigenvalue weighted by Gasteiger charge is 2.72. The van der Waals surface area contributed by atoms with Crippen molar-refractivity contribution in [2.45, 2.75) is 55.8 Å². The quantitative estimate of drug-likeness (QED) is 0.605. The molecule has 1 saturated heterocycles. The Balaban J connectivity index is 1.80. The minimum absolute atomic E-state index is 0.0292. The average molecular weight is 343 g/mol. The van der Waals surface area contributed by atoms with Gasteiger partial charge in [0.2, 0.25) is 0 Å². The Morgan fingerprint density at radius 3 is 2.96 bits per heavy atom. The number of Topliss-reactive ketones (excluding diaryl/α,β-unsaturated/α-hetero) is 1. The summed E-state index contributed by atoms with van der Waals surface area (Å²) in [5, 5.41) is 11.8. The molecule has 1 aromatic carbocycles. The van der Waals surface area contributed by atoms with Gasteiger partial charge in [-0.1, -0.05) is 6.07 Å². The summed E-state index contributed by atoms with van der Waals surface area (Å²) in [6.07, 6.45) is 1.46. The van der Waals surface area contributed by atoms with Crippen molar-refractivity contribution in [3.05, 3.63) is 23.3 Å². The largest absolute Gasteiger partial charge is 0.477 e. The molecule has 2 bridgehead atoms. The normalized spacial score (nSPS) is 38.1. The first-order chi connectivity index (χ1) is 11.9. The predicted molar refractivity (Wildman–Crippen MR) is 87.8 cm³/mol. The number of esters is 1. The molecule has 4 atom stereocenters. The van der Waals surface area contributed by atoms with Crippen molar-refractivity contribution in [2.75, 3.05) is 13.6 Å². The van der Waals surface area contributed by atoms with Crippen LogP contribution in [0.5, 0.6) is 11.5 Å². The molecule has 0 amide bonds. The standard InChI is InChI=1S/C19H21NO5/c1-10(21)24-13-4-3-11-9-14-19(23)6-5-12(22)17-18(19,7-8-20(14)2)15(11)16(13)25-17/h3-4,14,17,23H,5-9H2,1-2H3/t14-,17+,18+,19-/m0/s1. The fourth-order valence-electron chi connectivity index (χ4n) is 5.76. The predicted octanol–water partition coefficient (Wildman–Crippen LogP) is 0.965. The van der Waals surface area contributed by atoms with Crippen molar-refractivity contribution >= 4 is 11.8 Å². The van der Waals surface area contributed by atoms with E-state index in [2.05, 4.69) is 4.90 Å². The molecule has 1 saturated carbocycles. The van der Waals surface area contributed by atoms with Gasteiger partial charge in [-0.2, -0.15) is 0 Å². The Morgan fingerprint density at radius 2 is 2.20 bits per heavy atom. The fourth-order valence-corrected chi connectivity index (χ4v) is 5.76. The van der Waals surface area contributed by atoms with Crippen molar-refractivity contribution in [2.24, 2.45) is 0 Å². The first-order valence-corrected chi connectivity index (χ1v) is 8.85. The van der Waals surface area contributed by atoms with Crippen LogP contribution in [0, 0.1) is 0 Å². The highest BCUT2D eigenvalue weighted by atomic mass is 16.6. The number of piperidine rings is 1. The average Bonchev–Trinajstić information content (AvgIpc) is 2.91. The molecule has 2 aliphatic heterocycles. The van der Waals surface area contributed by atoms with E-state index in [9.17, 15) is 14.7 Å². The first-order valence-electron chi connectivity index (χ1n) is 8.85. The number of rotatable bonds is 1. The lowest BCUT2D eigenvalue weighted by atomic mass is 9.49. The van der Waals surface area contributed by atoms with Crippen molar-refractivity contribution in [3.8, 4) is 11.5 Å². The van der Waals surface area contributed by atoms with Gasteiger partial charge in [0, 0.05) is 24.9 Å². The van der Waals surface area contributed by atoms with Crippen LogP contribution in [0.15, 0.2) is 12.1 Å². The summed E-state index contributed by atoms with van der Waals surface area (Å²) in [6, 6.07) is 3.67. The Morgan fingerprint density at radius 1 is 1.40 bits per heavy atom. The van der Waals surface area contributed by atoms with Crippen LogP contribution >= 0.6 is 0 Å². The number of likely N-dealkylation sites (N-methyl/N-ethyl adjacent to an activating group) is 1. The van der Waals surface area contributed by atoms with E-state index in [0.29, 0.717) is 37.2 Å². The van der Waals surface area contributed by atoms with Gasteiger partial charge in [-0.05, 0) is 44.5 Å². The van der Waals surface area contributed by atoms with Crippen LogP contribution < -0.4 is 9.47 Å². The molecular formula is C19H21NO5. The van der Waals surface area contributed by atoms with E-state index in [1.165, 1.54) is 6.92 Å². The highest BCUT2D eigenvalue weighted by Crippen LogP contribution is 2.64. The summed E-state index contributed by atoms with van der Waals surface area (Å²) >= 11 is 0. The van der Waals surface area contributed by atoms with Gasteiger partial charge < -0.3 is 19.5 Å². The Labute approximate surface area is 145 Å². The molecule has 2 aliphatic carbocycles. The maximum atomic E-state index is 12.7. The molecule has 25 heavy (non-hydrogen) atoms. The molecule has 2 heterocycles. The first kappa shape index (κ1) is 15.3. The molecule has 1 N–H and O–H groups in total.